The second-order valence-electron chi connectivity index (χ2n) is 9.44. The average molecular weight is 500 g/mol. The first-order chi connectivity index (χ1) is 17.4. The second-order valence-corrected chi connectivity index (χ2v) is 9.44. The lowest BCUT2D eigenvalue weighted by molar-refractivity contribution is -0.135. The Morgan fingerprint density at radius 2 is 1.89 bits per heavy atom. The van der Waals surface area contributed by atoms with Gasteiger partial charge in [-0.15, -0.1) is 0 Å². The zero-order valence-corrected chi connectivity index (χ0v) is 21.1. The number of aromatic nitrogens is 4. The Bertz CT molecular complexity index is 1360. The minimum atomic E-state index is -2.83. The highest BCUT2D eigenvalue weighted by Gasteiger charge is 2.24. The Morgan fingerprint density at radius 3 is 2.56 bits per heavy atom. The molecule has 36 heavy (non-hydrogen) atoms. The Labute approximate surface area is 208 Å². The summed E-state index contributed by atoms with van der Waals surface area (Å²) in [4.78, 5) is 12.0. The minimum absolute atomic E-state index is 0.131. The Hall–Kier alpha value is -3.11. The van der Waals surface area contributed by atoms with Gasteiger partial charge in [0.15, 0.2) is 0 Å². The zero-order chi connectivity index (χ0) is 25.4. The highest BCUT2D eigenvalue weighted by Crippen LogP contribution is 2.39. The van der Waals surface area contributed by atoms with Gasteiger partial charge in [-0.1, -0.05) is 11.6 Å². The Morgan fingerprint density at radius 1 is 1.11 bits per heavy atom. The van der Waals surface area contributed by atoms with Crippen molar-refractivity contribution in [3.05, 3.63) is 35.6 Å². The highest BCUT2D eigenvalue weighted by molar-refractivity contribution is 6.05. The Balaban J connectivity index is 1.69. The molecule has 1 unspecified atom stereocenters. The monoisotopic (exact) mass is 499 g/mol. The van der Waals surface area contributed by atoms with Gasteiger partial charge in [-0.2, -0.15) is 8.78 Å². The molecule has 0 spiro atoms. The van der Waals surface area contributed by atoms with Gasteiger partial charge in [0.05, 0.1) is 54.8 Å². The highest BCUT2D eigenvalue weighted by atomic mass is 19.3. The third-order valence-electron chi connectivity index (χ3n) is 6.93. The topological polar surface area (TPSA) is 78.4 Å². The van der Waals surface area contributed by atoms with Gasteiger partial charge in [-0.05, 0) is 58.8 Å². The molecule has 1 aliphatic rings. The van der Waals surface area contributed by atoms with Crippen molar-refractivity contribution < 1.29 is 22.8 Å². The SMILES string of the molecule is COc1cc2c(cc1-c1c(C)noc1C)ncc1nc(CN3CCCCC3)n(C(C)COC(F)F)c12. The van der Waals surface area contributed by atoms with Gasteiger partial charge in [-0.25, -0.2) is 4.98 Å². The summed E-state index contributed by atoms with van der Waals surface area (Å²) in [6, 6.07) is 3.54. The van der Waals surface area contributed by atoms with E-state index in [0.29, 0.717) is 23.6 Å². The predicted octanol–water partition coefficient (Wildman–Crippen LogP) is 5.65. The lowest BCUT2D eigenvalue weighted by Crippen LogP contribution is -2.31. The number of halogens is 2. The van der Waals surface area contributed by atoms with Crippen molar-refractivity contribution >= 4 is 21.9 Å². The summed E-state index contributed by atoms with van der Waals surface area (Å²) < 4.78 is 43.8. The van der Waals surface area contributed by atoms with Gasteiger partial charge in [-0.3, -0.25) is 9.88 Å². The molecule has 1 fully saturated rings. The van der Waals surface area contributed by atoms with E-state index in [1.807, 2.05) is 37.5 Å². The fourth-order valence-corrected chi connectivity index (χ4v) is 5.27. The molecule has 0 radical (unpaired) electrons. The minimum Gasteiger partial charge on any atom is -0.496 e. The average Bonchev–Trinajstić information content (AvgIpc) is 3.41. The molecule has 3 aromatic heterocycles. The van der Waals surface area contributed by atoms with Gasteiger partial charge in [0.25, 0.3) is 0 Å². The lowest BCUT2D eigenvalue weighted by atomic mass is 10.0. The summed E-state index contributed by atoms with van der Waals surface area (Å²) in [7, 11) is 1.62. The summed E-state index contributed by atoms with van der Waals surface area (Å²) in [5, 5.41) is 4.92. The summed E-state index contributed by atoms with van der Waals surface area (Å²) >= 11 is 0. The number of fused-ring (bicyclic) bond motifs is 3. The van der Waals surface area contributed by atoms with Crippen molar-refractivity contribution in [3.8, 4) is 16.9 Å². The van der Waals surface area contributed by atoms with Crippen LogP contribution < -0.4 is 4.74 Å². The number of imidazole rings is 1. The zero-order valence-electron chi connectivity index (χ0n) is 21.1. The second kappa shape index (κ2) is 10.1. The van der Waals surface area contributed by atoms with E-state index < -0.39 is 6.61 Å². The van der Waals surface area contributed by atoms with Crippen LogP contribution in [0.25, 0.3) is 33.1 Å². The van der Waals surface area contributed by atoms with Crippen LogP contribution in [0.2, 0.25) is 0 Å². The van der Waals surface area contributed by atoms with Crippen molar-refractivity contribution in [2.45, 2.75) is 59.2 Å². The number of aryl methyl sites for hydroxylation is 2. The molecule has 0 aliphatic carbocycles. The third-order valence-corrected chi connectivity index (χ3v) is 6.93. The van der Waals surface area contributed by atoms with Crippen LogP contribution in [-0.2, 0) is 11.3 Å². The molecule has 10 heteroatoms. The largest absolute Gasteiger partial charge is 0.496 e. The quantitative estimate of drug-likeness (QED) is 0.310. The van der Waals surface area contributed by atoms with E-state index in [0.717, 1.165) is 65.0 Å². The molecule has 4 heterocycles. The van der Waals surface area contributed by atoms with Crippen LogP contribution in [-0.4, -0.2) is 58.0 Å². The van der Waals surface area contributed by atoms with E-state index in [1.165, 1.54) is 6.42 Å². The van der Waals surface area contributed by atoms with Crippen LogP contribution in [0.15, 0.2) is 22.9 Å². The summed E-state index contributed by atoms with van der Waals surface area (Å²) in [6.45, 7) is 5.31. The molecule has 0 amide bonds. The molecule has 8 nitrogen and oxygen atoms in total. The molecule has 1 saturated heterocycles. The molecule has 192 valence electrons. The standard InChI is InChI=1S/C26H31F2N5O3/c1-15(14-35-26(27)28)33-23(13-32-8-6-5-7-9-32)30-21-12-29-20-10-19(24-16(2)31-36-17(24)3)22(34-4)11-18(20)25(21)33/h10-12,15,26H,5-9,13-14H2,1-4H3. The van der Waals surface area contributed by atoms with E-state index in [4.69, 9.17) is 24.0 Å². The first-order valence-corrected chi connectivity index (χ1v) is 12.3. The first kappa shape index (κ1) is 24.6. The summed E-state index contributed by atoms with van der Waals surface area (Å²) in [5.74, 6) is 2.16. The molecule has 1 aromatic carbocycles. The number of rotatable bonds is 8. The summed E-state index contributed by atoms with van der Waals surface area (Å²) in [6.07, 6.45) is 5.28. The molecule has 0 bridgehead atoms. The van der Waals surface area contributed by atoms with Crippen molar-refractivity contribution in [2.75, 3.05) is 26.8 Å². The van der Waals surface area contributed by atoms with Gasteiger partial charge < -0.3 is 18.6 Å². The predicted molar refractivity (Wildman–Crippen MR) is 132 cm³/mol. The van der Waals surface area contributed by atoms with E-state index in [-0.39, 0.29) is 12.6 Å². The van der Waals surface area contributed by atoms with E-state index in [2.05, 4.69) is 10.1 Å². The number of pyridine rings is 1. The van der Waals surface area contributed by atoms with Crippen LogP contribution >= 0.6 is 0 Å². The van der Waals surface area contributed by atoms with E-state index >= 15 is 0 Å². The van der Waals surface area contributed by atoms with Gasteiger partial charge in [0.2, 0.25) is 0 Å². The van der Waals surface area contributed by atoms with Gasteiger partial charge in [0, 0.05) is 10.9 Å². The number of hydrogen-bond acceptors (Lipinski definition) is 7. The van der Waals surface area contributed by atoms with Crippen molar-refractivity contribution in [2.24, 2.45) is 0 Å². The first-order valence-electron chi connectivity index (χ1n) is 12.3. The molecule has 5 rings (SSSR count). The van der Waals surface area contributed by atoms with Crippen LogP contribution in [0, 0.1) is 13.8 Å². The smallest absolute Gasteiger partial charge is 0.345 e. The normalized spacial score (nSPS) is 15.9. The number of ether oxygens (including phenoxy) is 2. The number of likely N-dealkylation sites (tertiary alicyclic amines) is 1. The molecular weight excluding hydrogens is 468 g/mol. The van der Waals surface area contributed by atoms with Crippen molar-refractivity contribution in [1.29, 1.82) is 0 Å². The Kier molecular flexibility index (Phi) is 6.90. The van der Waals surface area contributed by atoms with Crippen molar-refractivity contribution in [3.63, 3.8) is 0 Å². The molecule has 1 aliphatic heterocycles. The fourth-order valence-electron chi connectivity index (χ4n) is 5.27. The van der Waals surface area contributed by atoms with E-state index in [1.54, 1.807) is 13.3 Å². The lowest BCUT2D eigenvalue weighted by Gasteiger charge is -2.27. The van der Waals surface area contributed by atoms with Gasteiger partial charge >= 0.3 is 6.61 Å². The maximum Gasteiger partial charge on any atom is 0.345 e. The maximum atomic E-state index is 12.9. The maximum absolute atomic E-state index is 12.9. The number of nitrogens with zero attached hydrogens (tertiary/aromatic N) is 5. The van der Waals surface area contributed by atoms with Crippen molar-refractivity contribution in [1.82, 2.24) is 24.6 Å². The van der Waals surface area contributed by atoms with Crippen LogP contribution in [0.1, 0.15) is 49.5 Å². The molecule has 4 aromatic rings. The summed E-state index contributed by atoms with van der Waals surface area (Å²) in [5.41, 5.74) is 4.76. The van der Waals surface area contributed by atoms with Crippen LogP contribution in [0.4, 0.5) is 8.78 Å². The van der Waals surface area contributed by atoms with E-state index in [9.17, 15) is 8.78 Å². The molecule has 0 saturated carbocycles. The number of alkyl halides is 2. The number of hydrogen-bond donors (Lipinski definition) is 0. The van der Waals surface area contributed by atoms with Crippen LogP contribution in [0.5, 0.6) is 5.75 Å². The molecular formula is C26H31F2N5O3. The molecule has 0 N–H and O–H groups in total. The van der Waals surface area contributed by atoms with Crippen LogP contribution in [0.3, 0.4) is 0 Å². The molecule has 1 atom stereocenters. The number of methoxy groups -OCH3 is 1. The fraction of sp³-hybridized carbons (Fsp3) is 0.500. The number of piperidine rings is 1. The van der Waals surface area contributed by atoms with Gasteiger partial charge in [0.1, 0.15) is 22.9 Å². The third kappa shape index (κ3) is 4.55. The number of benzene rings is 1.